The Hall–Kier alpha value is 0.280. The third kappa shape index (κ3) is 1.60. The van der Waals surface area contributed by atoms with Crippen molar-refractivity contribution in [2.75, 3.05) is 0 Å². The molecule has 47 valence electrons. The molecule has 0 amide bonds. The summed E-state index contributed by atoms with van der Waals surface area (Å²) >= 11 is 14.5. The average molecular weight is 225 g/mol. The molecule has 1 radical (unpaired) electrons. The van der Waals surface area contributed by atoms with Crippen molar-refractivity contribution in [1.82, 2.24) is 0 Å². The van der Waals surface area contributed by atoms with E-state index in [-0.39, 0.29) is 0 Å². The molecule has 0 aromatic heterocycles. The van der Waals surface area contributed by atoms with Gasteiger partial charge in [0.15, 0.2) is 0 Å². The van der Waals surface area contributed by atoms with E-state index in [2.05, 4.69) is 22.0 Å². The van der Waals surface area contributed by atoms with Crippen LogP contribution in [0, 0.1) is 6.07 Å². The van der Waals surface area contributed by atoms with Gasteiger partial charge in [-0.25, -0.2) is 0 Å². The van der Waals surface area contributed by atoms with Crippen molar-refractivity contribution in [1.29, 1.82) is 0 Å². The van der Waals surface area contributed by atoms with Gasteiger partial charge >= 0.3 is 0 Å². The van der Waals surface area contributed by atoms with Gasteiger partial charge in [0.05, 0.1) is 14.5 Å². The summed E-state index contributed by atoms with van der Waals surface area (Å²) in [4.78, 5) is 0. The van der Waals surface area contributed by atoms with Gasteiger partial charge in [0.2, 0.25) is 0 Å². The number of hydrogen-bond acceptors (Lipinski definition) is 0. The molecule has 0 spiro atoms. The minimum Gasteiger partial charge on any atom is -0.0830 e. The standard InChI is InChI=1S/C6H2BrCl2/c7-6-4(8)2-1-3-5(6)9/h2-3H. The van der Waals surface area contributed by atoms with E-state index in [1.165, 1.54) is 0 Å². The first-order chi connectivity index (χ1) is 4.22. The maximum absolute atomic E-state index is 5.65. The monoisotopic (exact) mass is 223 g/mol. The first-order valence-corrected chi connectivity index (χ1v) is 3.77. The molecule has 0 heterocycles. The van der Waals surface area contributed by atoms with E-state index >= 15 is 0 Å². The Kier molecular flexibility index (Phi) is 2.39. The van der Waals surface area contributed by atoms with Crippen LogP contribution in [-0.4, -0.2) is 0 Å². The molecule has 0 saturated heterocycles. The smallest absolute Gasteiger partial charge is 0.0569 e. The van der Waals surface area contributed by atoms with Gasteiger partial charge in [0.1, 0.15) is 0 Å². The number of halogens is 3. The van der Waals surface area contributed by atoms with Crippen LogP contribution in [0.1, 0.15) is 0 Å². The lowest BCUT2D eigenvalue weighted by molar-refractivity contribution is 1.63. The van der Waals surface area contributed by atoms with Gasteiger partial charge < -0.3 is 0 Å². The average Bonchev–Trinajstić information content (AvgIpc) is 1.83. The zero-order valence-electron chi connectivity index (χ0n) is 4.29. The third-order valence-electron chi connectivity index (χ3n) is 0.839. The molecule has 0 bridgehead atoms. The Balaban J connectivity index is 3.25. The van der Waals surface area contributed by atoms with E-state index in [9.17, 15) is 0 Å². The predicted molar refractivity (Wildman–Crippen MR) is 43.0 cm³/mol. The van der Waals surface area contributed by atoms with Gasteiger partial charge in [-0.1, -0.05) is 23.2 Å². The van der Waals surface area contributed by atoms with Crippen molar-refractivity contribution >= 4 is 39.1 Å². The molecule has 0 N–H and O–H groups in total. The second-order valence-electron chi connectivity index (χ2n) is 1.47. The molecule has 1 aromatic carbocycles. The van der Waals surface area contributed by atoms with E-state index in [0.29, 0.717) is 10.0 Å². The first-order valence-electron chi connectivity index (χ1n) is 2.22. The number of rotatable bonds is 0. The van der Waals surface area contributed by atoms with Crippen molar-refractivity contribution in [3.8, 4) is 0 Å². The fraction of sp³-hybridized carbons (Fsp3) is 0. The van der Waals surface area contributed by atoms with Crippen molar-refractivity contribution in [2.24, 2.45) is 0 Å². The van der Waals surface area contributed by atoms with Crippen molar-refractivity contribution in [2.45, 2.75) is 0 Å². The summed E-state index contributed by atoms with van der Waals surface area (Å²) in [6, 6.07) is 6.08. The van der Waals surface area contributed by atoms with Crippen molar-refractivity contribution in [3.63, 3.8) is 0 Å². The molecule has 0 nitrogen and oxygen atoms in total. The molecule has 0 aliphatic rings. The van der Waals surface area contributed by atoms with Crippen LogP contribution in [0.5, 0.6) is 0 Å². The fourth-order valence-electron chi connectivity index (χ4n) is 0.429. The Morgan fingerprint density at radius 1 is 1.22 bits per heavy atom. The number of hydrogen-bond donors (Lipinski definition) is 0. The topological polar surface area (TPSA) is 0 Å². The van der Waals surface area contributed by atoms with Gasteiger partial charge in [-0.2, -0.15) is 0 Å². The van der Waals surface area contributed by atoms with Gasteiger partial charge in [0, 0.05) is 0 Å². The van der Waals surface area contributed by atoms with E-state index in [1.807, 2.05) is 0 Å². The van der Waals surface area contributed by atoms with Crippen molar-refractivity contribution < 1.29 is 0 Å². The Morgan fingerprint density at radius 3 is 2.00 bits per heavy atom. The van der Waals surface area contributed by atoms with Crippen LogP contribution >= 0.6 is 39.1 Å². The van der Waals surface area contributed by atoms with E-state index in [4.69, 9.17) is 23.2 Å². The molecule has 0 fully saturated rings. The van der Waals surface area contributed by atoms with Crippen LogP contribution in [0.4, 0.5) is 0 Å². The summed E-state index contributed by atoms with van der Waals surface area (Å²) in [6.45, 7) is 0. The van der Waals surface area contributed by atoms with Crippen molar-refractivity contribution in [3.05, 3.63) is 32.7 Å². The molecular formula is C6H2BrCl2. The molecule has 9 heavy (non-hydrogen) atoms. The van der Waals surface area contributed by atoms with E-state index in [1.54, 1.807) is 12.1 Å². The maximum atomic E-state index is 5.65. The first kappa shape index (κ1) is 7.39. The van der Waals surface area contributed by atoms with Crippen LogP contribution in [0.15, 0.2) is 16.6 Å². The molecule has 1 rings (SSSR count). The van der Waals surface area contributed by atoms with Crippen LogP contribution in [-0.2, 0) is 0 Å². The fourth-order valence-corrected chi connectivity index (χ4v) is 1.04. The summed E-state index contributed by atoms with van der Waals surface area (Å²) in [6.07, 6.45) is 0. The van der Waals surface area contributed by atoms with E-state index < -0.39 is 0 Å². The molecule has 0 unspecified atom stereocenters. The largest absolute Gasteiger partial charge is 0.0830 e. The molecule has 0 aliphatic heterocycles. The van der Waals surface area contributed by atoms with Crippen LogP contribution in [0.3, 0.4) is 0 Å². The lowest BCUT2D eigenvalue weighted by Crippen LogP contribution is -1.68. The highest BCUT2D eigenvalue weighted by atomic mass is 79.9. The van der Waals surface area contributed by atoms with Gasteiger partial charge in [-0.3, -0.25) is 0 Å². The zero-order valence-corrected chi connectivity index (χ0v) is 7.39. The Bertz CT molecular complexity index is 202. The Morgan fingerprint density at radius 2 is 1.67 bits per heavy atom. The highest BCUT2D eigenvalue weighted by Crippen LogP contribution is 2.28. The molecule has 0 saturated carbocycles. The summed E-state index contributed by atoms with van der Waals surface area (Å²) in [5.74, 6) is 0. The quantitative estimate of drug-likeness (QED) is 0.592. The molecule has 3 heteroatoms. The predicted octanol–water partition coefficient (Wildman–Crippen LogP) is 3.56. The normalized spacial score (nSPS) is 9.67. The SMILES string of the molecule is Clc1c[c]cc(Cl)c1Br. The third-order valence-corrected chi connectivity index (χ3v) is 2.75. The minimum atomic E-state index is 0.586. The van der Waals surface area contributed by atoms with Crippen LogP contribution in [0.25, 0.3) is 0 Å². The summed E-state index contributed by atoms with van der Waals surface area (Å²) in [5, 5.41) is 1.17. The zero-order chi connectivity index (χ0) is 6.85. The summed E-state index contributed by atoms with van der Waals surface area (Å²) in [5.41, 5.74) is 0. The Labute approximate surface area is 71.9 Å². The van der Waals surface area contributed by atoms with Crippen LogP contribution < -0.4 is 0 Å². The maximum Gasteiger partial charge on any atom is 0.0569 e. The van der Waals surface area contributed by atoms with Gasteiger partial charge in [-0.15, -0.1) is 0 Å². The lowest BCUT2D eigenvalue weighted by atomic mass is 10.4. The molecule has 0 aliphatic carbocycles. The van der Waals surface area contributed by atoms with Gasteiger partial charge in [0.25, 0.3) is 0 Å². The summed E-state index contributed by atoms with van der Waals surface area (Å²) in [7, 11) is 0. The molecular weight excluding hydrogens is 223 g/mol. The van der Waals surface area contributed by atoms with Crippen LogP contribution in [0.2, 0.25) is 10.0 Å². The highest BCUT2D eigenvalue weighted by Gasteiger charge is 1.98. The second kappa shape index (κ2) is 2.91. The lowest BCUT2D eigenvalue weighted by Gasteiger charge is -1.94. The number of benzene rings is 1. The van der Waals surface area contributed by atoms with E-state index in [0.717, 1.165) is 4.47 Å². The molecule has 0 atom stereocenters. The minimum absolute atomic E-state index is 0.586. The highest BCUT2D eigenvalue weighted by molar-refractivity contribution is 9.10. The molecule has 1 aromatic rings. The summed E-state index contributed by atoms with van der Waals surface area (Å²) < 4.78 is 0.726. The van der Waals surface area contributed by atoms with Gasteiger partial charge in [-0.05, 0) is 34.1 Å². The second-order valence-corrected chi connectivity index (χ2v) is 3.07.